The zero-order valence-electron chi connectivity index (χ0n) is 12.9. The average Bonchev–Trinajstić information content (AvgIpc) is 2.70. The van der Waals surface area contributed by atoms with Crippen molar-refractivity contribution in [3.05, 3.63) is 35.2 Å². The van der Waals surface area contributed by atoms with E-state index in [0.29, 0.717) is 6.42 Å². The number of rotatable bonds is 5. The second-order valence-electron chi connectivity index (χ2n) is 6.86. The van der Waals surface area contributed by atoms with Gasteiger partial charge in [0.25, 0.3) is 0 Å². The first-order valence-corrected chi connectivity index (χ1v) is 8.07. The van der Waals surface area contributed by atoms with Gasteiger partial charge in [0.15, 0.2) is 0 Å². The normalized spacial score (nSPS) is 15.4. The van der Waals surface area contributed by atoms with Gasteiger partial charge in [-0.05, 0) is 63.1 Å². The molecule has 1 aromatic heterocycles. The second-order valence-corrected chi connectivity index (χ2v) is 7.77. The Kier molecular flexibility index (Phi) is 4.52. The topological polar surface area (TPSA) is 32.3 Å². The van der Waals surface area contributed by atoms with Crippen LogP contribution in [0.5, 0.6) is 0 Å². The van der Waals surface area contributed by atoms with Crippen molar-refractivity contribution in [2.45, 2.75) is 51.7 Å². The van der Waals surface area contributed by atoms with E-state index >= 15 is 0 Å². The monoisotopic (exact) mass is 291 g/mol. The quantitative estimate of drug-likeness (QED) is 0.873. The van der Waals surface area contributed by atoms with Crippen molar-refractivity contribution in [3.63, 3.8) is 0 Å². The number of benzene rings is 1. The molecule has 2 aromatic rings. The molecule has 110 valence electrons. The summed E-state index contributed by atoms with van der Waals surface area (Å²) >= 11 is 1.76. The lowest BCUT2D eigenvalue weighted by atomic mass is 9.92. The van der Waals surface area contributed by atoms with Gasteiger partial charge >= 0.3 is 0 Å². The van der Waals surface area contributed by atoms with E-state index in [-0.39, 0.29) is 5.54 Å². The Balaban J connectivity index is 2.00. The molecule has 2 N–H and O–H groups in total. The van der Waals surface area contributed by atoms with Gasteiger partial charge in [0.2, 0.25) is 0 Å². The Labute approximate surface area is 125 Å². The molecule has 1 atom stereocenters. The van der Waals surface area contributed by atoms with Crippen molar-refractivity contribution < 1.29 is 5.11 Å². The van der Waals surface area contributed by atoms with Crippen LogP contribution in [0.2, 0.25) is 0 Å². The van der Waals surface area contributed by atoms with Crippen molar-refractivity contribution in [1.82, 2.24) is 5.32 Å². The maximum absolute atomic E-state index is 10.6. The van der Waals surface area contributed by atoms with Crippen LogP contribution in [0.25, 0.3) is 10.1 Å². The van der Waals surface area contributed by atoms with Crippen LogP contribution in [0.15, 0.2) is 29.6 Å². The predicted molar refractivity (Wildman–Crippen MR) is 88.5 cm³/mol. The minimum absolute atomic E-state index is 0.102. The van der Waals surface area contributed by atoms with Gasteiger partial charge in [0, 0.05) is 16.7 Å². The molecule has 0 saturated heterocycles. The fraction of sp³-hybridized carbons (Fsp3) is 0.529. The fourth-order valence-corrected chi connectivity index (χ4v) is 3.34. The molecule has 3 heteroatoms. The smallest absolute Gasteiger partial charge is 0.0672 e. The number of thiophene rings is 1. The molecule has 0 spiro atoms. The number of fused-ring (bicyclic) bond motifs is 1. The third-order valence-corrected chi connectivity index (χ3v) is 4.46. The Morgan fingerprint density at radius 2 is 1.85 bits per heavy atom. The van der Waals surface area contributed by atoms with E-state index in [9.17, 15) is 5.11 Å². The molecule has 1 unspecified atom stereocenters. The third kappa shape index (κ3) is 4.30. The molecule has 0 amide bonds. The van der Waals surface area contributed by atoms with Gasteiger partial charge in [0.1, 0.15) is 0 Å². The molecule has 0 bridgehead atoms. The zero-order valence-corrected chi connectivity index (χ0v) is 13.7. The summed E-state index contributed by atoms with van der Waals surface area (Å²) in [5.74, 6) is 0. The van der Waals surface area contributed by atoms with Gasteiger partial charge in [-0.15, -0.1) is 11.3 Å². The average molecular weight is 291 g/mol. The van der Waals surface area contributed by atoms with Crippen molar-refractivity contribution in [2.75, 3.05) is 6.54 Å². The summed E-state index contributed by atoms with van der Waals surface area (Å²) in [7, 11) is 0. The van der Waals surface area contributed by atoms with Crippen LogP contribution in [0.4, 0.5) is 0 Å². The highest BCUT2D eigenvalue weighted by molar-refractivity contribution is 7.17. The number of aliphatic hydroxyl groups is 1. The van der Waals surface area contributed by atoms with E-state index in [1.165, 1.54) is 15.6 Å². The molecular formula is C17H25NOS. The third-order valence-electron chi connectivity index (χ3n) is 3.45. The van der Waals surface area contributed by atoms with Gasteiger partial charge in [-0.2, -0.15) is 0 Å². The lowest BCUT2D eigenvalue weighted by Crippen LogP contribution is -2.40. The van der Waals surface area contributed by atoms with Crippen LogP contribution in [-0.2, 0) is 6.42 Å². The summed E-state index contributed by atoms with van der Waals surface area (Å²) in [6.45, 7) is 9.21. The van der Waals surface area contributed by atoms with Crippen molar-refractivity contribution in [1.29, 1.82) is 0 Å². The fourth-order valence-electron chi connectivity index (χ4n) is 2.38. The Morgan fingerprint density at radius 3 is 2.55 bits per heavy atom. The zero-order chi connectivity index (χ0) is 14.8. The van der Waals surface area contributed by atoms with Gasteiger partial charge in [-0.25, -0.2) is 0 Å². The summed E-state index contributed by atoms with van der Waals surface area (Å²) in [6, 6.07) is 8.41. The number of nitrogens with one attached hydrogen (secondary N) is 1. The molecule has 0 radical (unpaired) electrons. The van der Waals surface area contributed by atoms with Gasteiger partial charge in [0.05, 0.1) is 5.60 Å². The first-order valence-electron chi connectivity index (χ1n) is 7.19. The summed E-state index contributed by atoms with van der Waals surface area (Å²) < 4.78 is 1.30. The lowest BCUT2D eigenvalue weighted by molar-refractivity contribution is 0.0503. The van der Waals surface area contributed by atoms with Crippen molar-refractivity contribution in [3.8, 4) is 0 Å². The standard InChI is InChI=1S/C17H25NOS/c1-16(2,3)18-10-9-17(4,19)11-13-12-20-15-8-6-5-7-14(13)15/h5-8,12,18-19H,9-11H2,1-4H3. The molecule has 0 aliphatic heterocycles. The highest BCUT2D eigenvalue weighted by Gasteiger charge is 2.23. The van der Waals surface area contributed by atoms with Crippen LogP contribution in [0.3, 0.4) is 0 Å². The molecule has 2 rings (SSSR count). The Morgan fingerprint density at radius 1 is 1.15 bits per heavy atom. The molecule has 1 heterocycles. The van der Waals surface area contributed by atoms with Crippen molar-refractivity contribution in [2.24, 2.45) is 0 Å². The Bertz CT molecular complexity index is 566. The van der Waals surface area contributed by atoms with E-state index in [0.717, 1.165) is 13.0 Å². The van der Waals surface area contributed by atoms with Crippen LogP contribution in [0.1, 0.15) is 39.7 Å². The minimum atomic E-state index is -0.665. The van der Waals surface area contributed by atoms with E-state index in [1.807, 2.05) is 6.92 Å². The largest absolute Gasteiger partial charge is 0.390 e. The van der Waals surface area contributed by atoms with Gasteiger partial charge < -0.3 is 10.4 Å². The molecule has 0 aliphatic rings. The highest BCUT2D eigenvalue weighted by Crippen LogP contribution is 2.29. The van der Waals surface area contributed by atoms with Crippen LogP contribution in [-0.4, -0.2) is 22.8 Å². The van der Waals surface area contributed by atoms with E-state index in [4.69, 9.17) is 0 Å². The lowest BCUT2D eigenvalue weighted by Gasteiger charge is -2.27. The summed E-state index contributed by atoms with van der Waals surface area (Å²) in [5.41, 5.74) is 0.694. The summed E-state index contributed by atoms with van der Waals surface area (Å²) in [4.78, 5) is 0. The molecule has 20 heavy (non-hydrogen) atoms. The van der Waals surface area contributed by atoms with Crippen LogP contribution in [0, 0.1) is 0 Å². The molecular weight excluding hydrogens is 266 g/mol. The highest BCUT2D eigenvalue weighted by atomic mass is 32.1. The SMILES string of the molecule is CC(O)(CCNC(C)(C)C)Cc1csc2ccccc12. The molecule has 1 aromatic carbocycles. The Hall–Kier alpha value is -0.900. The maximum Gasteiger partial charge on any atom is 0.0672 e. The number of hydrogen-bond acceptors (Lipinski definition) is 3. The molecule has 0 aliphatic carbocycles. The van der Waals surface area contributed by atoms with E-state index in [2.05, 4.69) is 55.7 Å². The molecule has 0 saturated carbocycles. The van der Waals surface area contributed by atoms with Gasteiger partial charge in [-0.1, -0.05) is 18.2 Å². The first kappa shape index (κ1) is 15.5. The first-order chi connectivity index (χ1) is 9.27. The van der Waals surface area contributed by atoms with Gasteiger partial charge in [-0.3, -0.25) is 0 Å². The van der Waals surface area contributed by atoms with E-state index in [1.54, 1.807) is 11.3 Å². The molecule has 0 fully saturated rings. The summed E-state index contributed by atoms with van der Waals surface area (Å²) in [5, 5.41) is 17.5. The number of hydrogen-bond donors (Lipinski definition) is 2. The summed E-state index contributed by atoms with van der Waals surface area (Å²) in [6.07, 6.45) is 1.47. The van der Waals surface area contributed by atoms with E-state index < -0.39 is 5.60 Å². The maximum atomic E-state index is 10.6. The van der Waals surface area contributed by atoms with Crippen LogP contribution >= 0.6 is 11.3 Å². The van der Waals surface area contributed by atoms with Crippen molar-refractivity contribution >= 4 is 21.4 Å². The minimum Gasteiger partial charge on any atom is -0.390 e. The predicted octanol–water partition coefficient (Wildman–Crippen LogP) is 3.97. The molecule has 2 nitrogen and oxygen atoms in total. The van der Waals surface area contributed by atoms with Crippen LogP contribution < -0.4 is 5.32 Å². The second kappa shape index (κ2) is 5.84.